The van der Waals surface area contributed by atoms with E-state index in [9.17, 15) is 4.39 Å². The first-order chi connectivity index (χ1) is 8.08. The third-order valence-corrected chi connectivity index (χ3v) is 2.62. The molecule has 1 atom stereocenters. The summed E-state index contributed by atoms with van der Waals surface area (Å²) < 4.78 is 18.4. The van der Waals surface area contributed by atoms with Crippen molar-refractivity contribution < 1.29 is 8.91 Å². The molecule has 2 rings (SSSR count). The van der Waals surface area contributed by atoms with Crippen molar-refractivity contribution >= 4 is 11.6 Å². The summed E-state index contributed by atoms with van der Waals surface area (Å²) in [7, 11) is 0. The molecule has 0 aliphatic heterocycles. The Morgan fingerprint density at radius 2 is 2.29 bits per heavy atom. The van der Waals surface area contributed by atoms with Crippen LogP contribution in [-0.4, -0.2) is 10.1 Å². The van der Waals surface area contributed by atoms with Gasteiger partial charge in [0, 0.05) is 17.0 Å². The minimum atomic E-state index is -0.385. The number of aromatic nitrogens is 2. The number of halogens is 2. The highest BCUT2D eigenvalue weighted by Gasteiger charge is 2.14. The van der Waals surface area contributed by atoms with Gasteiger partial charge in [0.1, 0.15) is 5.82 Å². The van der Waals surface area contributed by atoms with Crippen LogP contribution in [-0.2, 0) is 6.42 Å². The molecule has 0 fully saturated rings. The van der Waals surface area contributed by atoms with Crippen LogP contribution in [0, 0.1) is 5.82 Å². The summed E-state index contributed by atoms with van der Waals surface area (Å²) in [5.41, 5.74) is 5.94. The SMILES string of the molecule is C[C@@H](N)c1nc(Cc2c(F)cccc2Cl)no1. The number of rotatable bonds is 3. The summed E-state index contributed by atoms with van der Waals surface area (Å²) in [5.74, 6) is 0.307. The molecular weight excluding hydrogens is 245 g/mol. The van der Waals surface area contributed by atoms with Crippen molar-refractivity contribution in [1.82, 2.24) is 10.1 Å². The van der Waals surface area contributed by atoms with Crippen molar-refractivity contribution in [3.05, 3.63) is 46.3 Å². The molecule has 17 heavy (non-hydrogen) atoms. The van der Waals surface area contributed by atoms with Crippen LogP contribution in [0.2, 0.25) is 5.02 Å². The lowest BCUT2D eigenvalue weighted by atomic mass is 10.1. The highest BCUT2D eigenvalue weighted by Crippen LogP contribution is 2.21. The van der Waals surface area contributed by atoms with Crippen LogP contribution in [0.4, 0.5) is 4.39 Å². The first kappa shape index (κ1) is 12.0. The first-order valence-corrected chi connectivity index (χ1v) is 5.46. The Morgan fingerprint density at radius 3 is 2.88 bits per heavy atom. The zero-order valence-corrected chi connectivity index (χ0v) is 9.91. The fourth-order valence-electron chi connectivity index (χ4n) is 1.38. The van der Waals surface area contributed by atoms with Gasteiger partial charge in [0.05, 0.1) is 6.04 Å². The van der Waals surface area contributed by atoms with Crippen molar-refractivity contribution in [2.24, 2.45) is 5.73 Å². The van der Waals surface area contributed by atoms with Crippen LogP contribution in [0.5, 0.6) is 0 Å². The molecule has 1 aromatic carbocycles. The Kier molecular flexibility index (Phi) is 3.40. The van der Waals surface area contributed by atoms with Gasteiger partial charge in [-0.15, -0.1) is 0 Å². The molecule has 0 saturated carbocycles. The van der Waals surface area contributed by atoms with E-state index in [0.717, 1.165) is 0 Å². The minimum absolute atomic E-state index is 0.182. The molecule has 1 aromatic heterocycles. The van der Waals surface area contributed by atoms with E-state index in [4.69, 9.17) is 21.9 Å². The van der Waals surface area contributed by atoms with E-state index in [-0.39, 0.29) is 18.3 Å². The van der Waals surface area contributed by atoms with Crippen molar-refractivity contribution in [3.8, 4) is 0 Å². The summed E-state index contributed by atoms with van der Waals surface area (Å²) in [6.07, 6.45) is 0.182. The molecule has 4 nitrogen and oxygen atoms in total. The van der Waals surface area contributed by atoms with Gasteiger partial charge in [0.2, 0.25) is 5.89 Å². The van der Waals surface area contributed by atoms with Crippen molar-refractivity contribution in [2.45, 2.75) is 19.4 Å². The summed E-state index contributed by atoms with van der Waals surface area (Å²) in [4.78, 5) is 4.06. The van der Waals surface area contributed by atoms with Gasteiger partial charge in [-0.25, -0.2) is 4.39 Å². The molecular formula is C11H11ClFN3O. The Bertz CT molecular complexity index is 507. The molecule has 0 bridgehead atoms. The number of hydrogen-bond donors (Lipinski definition) is 1. The van der Waals surface area contributed by atoms with Crippen molar-refractivity contribution in [2.75, 3.05) is 0 Å². The van der Waals surface area contributed by atoms with Crippen LogP contribution in [0.25, 0.3) is 0 Å². The maximum atomic E-state index is 13.5. The van der Waals surface area contributed by atoms with Crippen LogP contribution in [0.3, 0.4) is 0 Å². The Labute approximate surface area is 103 Å². The van der Waals surface area contributed by atoms with Gasteiger partial charge in [0.15, 0.2) is 5.82 Å². The zero-order chi connectivity index (χ0) is 12.4. The first-order valence-electron chi connectivity index (χ1n) is 5.09. The van der Waals surface area contributed by atoms with E-state index in [2.05, 4.69) is 10.1 Å². The van der Waals surface area contributed by atoms with E-state index >= 15 is 0 Å². The van der Waals surface area contributed by atoms with E-state index < -0.39 is 0 Å². The second kappa shape index (κ2) is 4.81. The van der Waals surface area contributed by atoms with Gasteiger partial charge in [-0.05, 0) is 19.1 Å². The predicted molar refractivity (Wildman–Crippen MR) is 61.1 cm³/mol. The monoisotopic (exact) mass is 255 g/mol. The quantitative estimate of drug-likeness (QED) is 0.915. The Hall–Kier alpha value is -1.46. The third-order valence-electron chi connectivity index (χ3n) is 2.27. The van der Waals surface area contributed by atoms with Gasteiger partial charge in [0.25, 0.3) is 0 Å². The second-order valence-corrected chi connectivity index (χ2v) is 4.12. The van der Waals surface area contributed by atoms with Gasteiger partial charge in [-0.1, -0.05) is 22.8 Å². The molecule has 1 heterocycles. The fourth-order valence-corrected chi connectivity index (χ4v) is 1.61. The highest BCUT2D eigenvalue weighted by molar-refractivity contribution is 6.31. The van der Waals surface area contributed by atoms with Gasteiger partial charge in [-0.3, -0.25) is 0 Å². The van der Waals surface area contributed by atoms with Crippen LogP contribution < -0.4 is 5.73 Å². The fraction of sp³-hybridized carbons (Fsp3) is 0.273. The molecule has 2 aromatic rings. The van der Waals surface area contributed by atoms with Crippen LogP contribution in [0.15, 0.2) is 22.7 Å². The van der Waals surface area contributed by atoms with E-state index in [1.165, 1.54) is 6.07 Å². The molecule has 0 saturated heterocycles. The Balaban J connectivity index is 2.25. The lowest BCUT2D eigenvalue weighted by Gasteiger charge is -2.01. The van der Waals surface area contributed by atoms with E-state index in [1.54, 1.807) is 19.1 Å². The highest BCUT2D eigenvalue weighted by atomic mass is 35.5. The molecule has 0 aliphatic carbocycles. The van der Waals surface area contributed by atoms with Crippen molar-refractivity contribution in [1.29, 1.82) is 0 Å². The van der Waals surface area contributed by atoms with E-state index in [0.29, 0.717) is 22.3 Å². The summed E-state index contributed by atoms with van der Waals surface area (Å²) in [6, 6.07) is 4.16. The number of nitrogens with zero attached hydrogens (tertiary/aromatic N) is 2. The maximum absolute atomic E-state index is 13.5. The van der Waals surface area contributed by atoms with E-state index in [1.807, 2.05) is 0 Å². The summed E-state index contributed by atoms with van der Waals surface area (Å²) in [6.45, 7) is 1.73. The molecule has 0 amide bonds. The second-order valence-electron chi connectivity index (χ2n) is 3.71. The molecule has 2 N–H and O–H groups in total. The predicted octanol–water partition coefficient (Wildman–Crippen LogP) is 2.47. The number of hydrogen-bond acceptors (Lipinski definition) is 4. The summed E-state index contributed by atoms with van der Waals surface area (Å²) in [5, 5.41) is 4.07. The normalized spacial score (nSPS) is 12.7. The molecule has 90 valence electrons. The molecule has 6 heteroatoms. The molecule has 0 unspecified atom stereocenters. The third kappa shape index (κ3) is 2.62. The van der Waals surface area contributed by atoms with Gasteiger partial charge < -0.3 is 10.3 Å². The Morgan fingerprint density at radius 1 is 1.53 bits per heavy atom. The summed E-state index contributed by atoms with van der Waals surface area (Å²) >= 11 is 5.90. The lowest BCUT2D eigenvalue weighted by molar-refractivity contribution is 0.357. The molecule has 0 spiro atoms. The molecule has 0 radical (unpaired) electrons. The average Bonchev–Trinajstić information content (AvgIpc) is 2.72. The number of nitrogens with two attached hydrogens (primary N) is 1. The minimum Gasteiger partial charge on any atom is -0.338 e. The van der Waals surface area contributed by atoms with Crippen LogP contribution in [0.1, 0.15) is 30.2 Å². The maximum Gasteiger partial charge on any atom is 0.243 e. The number of benzene rings is 1. The van der Waals surface area contributed by atoms with Gasteiger partial charge in [-0.2, -0.15) is 4.98 Å². The van der Waals surface area contributed by atoms with Gasteiger partial charge >= 0.3 is 0 Å². The zero-order valence-electron chi connectivity index (χ0n) is 9.15. The smallest absolute Gasteiger partial charge is 0.243 e. The lowest BCUT2D eigenvalue weighted by Crippen LogP contribution is -2.05. The average molecular weight is 256 g/mol. The standard InChI is InChI=1S/C11H11ClFN3O/c1-6(14)11-15-10(16-17-11)5-7-8(12)3-2-4-9(7)13/h2-4,6H,5,14H2,1H3/t6-/m1/s1. The molecule has 0 aliphatic rings. The largest absolute Gasteiger partial charge is 0.338 e. The van der Waals surface area contributed by atoms with Crippen LogP contribution >= 0.6 is 11.6 Å². The topological polar surface area (TPSA) is 64.9 Å². The van der Waals surface area contributed by atoms with Crippen molar-refractivity contribution in [3.63, 3.8) is 0 Å².